The van der Waals surface area contributed by atoms with Crippen molar-refractivity contribution in [2.45, 2.75) is 6.04 Å². The number of nitrogens with two attached hydrogens (primary N) is 1. The number of hydrogen-bond acceptors (Lipinski definition) is 5. The van der Waals surface area contributed by atoms with Gasteiger partial charge in [-0.25, -0.2) is 4.98 Å². The third-order valence-electron chi connectivity index (χ3n) is 3.23. The molecule has 2 heterocycles. The predicted octanol–water partition coefficient (Wildman–Crippen LogP) is -0.165. The van der Waals surface area contributed by atoms with Gasteiger partial charge >= 0.3 is 5.97 Å². The fourth-order valence-corrected chi connectivity index (χ4v) is 2.07. The molecule has 1 aromatic heterocycles. The van der Waals surface area contributed by atoms with Gasteiger partial charge in [-0.15, -0.1) is 0 Å². The molecule has 19 heavy (non-hydrogen) atoms. The van der Waals surface area contributed by atoms with E-state index in [4.69, 9.17) is 15.6 Å². The van der Waals surface area contributed by atoms with Crippen LogP contribution < -0.4 is 5.73 Å². The van der Waals surface area contributed by atoms with Crippen molar-refractivity contribution in [3.63, 3.8) is 0 Å². The van der Waals surface area contributed by atoms with Crippen molar-refractivity contribution in [1.82, 2.24) is 9.88 Å². The zero-order valence-corrected chi connectivity index (χ0v) is 10.4. The molecule has 0 spiro atoms. The molecule has 7 nitrogen and oxygen atoms in total. The van der Waals surface area contributed by atoms with Crippen LogP contribution in [0.3, 0.4) is 0 Å². The first-order valence-corrected chi connectivity index (χ1v) is 5.80. The maximum Gasteiger partial charge on any atom is 0.311 e. The average Bonchev–Trinajstić information content (AvgIpc) is 2.87. The quantitative estimate of drug-likeness (QED) is 0.786. The molecule has 0 saturated carbocycles. The van der Waals surface area contributed by atoms with Crippen LogP contribution in [-0.2, 0) is 9.53 Å². The molecule has 1 amide bonds. The highest BCUT2D eigenvalue weighted by Crippen LogP contribution is 2.21. The summed E-state index contributed by atoms with van der Waals surface area (Å²) in [7, 11) is 1.53. The number of carbonyl (C=O) groups excluding carboxylic acids is 1. The smallest absolute Gasteiger partial charge is 0.311 e. The first-order chi connectivity index (χ1) is 9.02. The van der Waals surface area contributed by atoms with Gasteiger partial charge in [0.1, 0.15) is 5.92 Å². The van der Waals surface area contributed by atoms with E-state index in [2.05, 4.69) is 4.98 Å². The number of nitrogen functional groups attached to an aromatic ring is 1. The first kappa shape index (κ1) is 13.3. The van der Waals surface area contributed by atoms with Crippen molar-refractivity contribution in [1.29, 1.82) is 0 Å². The summed E-state index contributed by atoms with van der Waals surface area (Å²) in [4.78, 5) is 28.6. The van der Waals surface area contributed by atoms with Gasteiger partial charge in [0, 0.05) is 13.2 Å². The van der Waals surface area contributed by atoms with Gasteiger partial charge < -0.3 is 20.5 Å². The molecule has 0 aliphatic carbocycles. The van der Waals surface area contributed by atoms with Gasteiger partial charge in [0.15, 0.2) is 5.69 Å². The van der Waals surface area contributed by atoms with Crippen LogP contribution in [-0.4, -0.2) is 53.2 Å². The number of aromatic nitrogens is 1. The average molecular weight is 265 g/mol. The highest BCUT2D eigenvalue weighted by molar-refractivity contribution is 5.97. The van der Waals surface area contributed by atoms with Crippen LogP contribution in [0, 0.1) is 5.92 Å². The van der Waals surface area contributed by atoms with Crippen molar-refractivity contribution >= 4 is 17.6 Å². The van der Waals surface area contributed by atoms with Crippen molar-refractivity contribution in [3.05, 3.63) is 24.0 Å². The minimum absolute atomic E-state index is 0.106. The molecule has 3 N–H and O–H groups in total. The van der Waals surface area contributed by atoms with Crippen LogP contribution >= 0.6 is 0 Å². The number of nitrogens with zero attached hydrogens (tertiary/aromatic N) is 2. The molecule has 1 aliphatic heterocycles. The number of anilines is 1. The molecule has 102 valence electrons. The summed E-state index contributed by atoms with van der Waals surface area (Å²) in [5.74, 6) is -2.10. The predicted molar refractivity (Wildman–Crippen MR) is 66.5 cm³/mol. The summed E-state index contributed by atoms with van der Waals surface area (Å²) < 4.78 is 5.14. The van der Waals surface area contributed by atoms with E-state index < -0.39 is 23.8 Å². The minimum Gasteiger partial charge on any atom is -0.481 e. The molecule has 1 saturated heterocycles. The molecule has 0 radical (unpaired) electrons. The van der Waals surface area contributed by atoms with Gasteiger partial charge in [-0.3, -0.25) is 9.59 Å². The van der Waals surface area contributed by atoms with Crippen LogP contribution in [0.5, 0.6) is 0 Å². The molecule has 0 bridgehead atoms. The highest BCUT2D eigenvalue weighted by Gasteiger charge is 2.39. The van der Waals surface area contributed by atoms with E-state index in [1.165, 1.54) is 18.1 Å². The second-order valence-electron chi connectivity index (χ2n) is 4.41. The Labute approximate surface area is 110 Å². The monoisotopic (exact) mass is 265 g/mol. The lowest BCUT2D eigenvalue weighted by molar-refractivity contribution is -0.142. The van der Waals surface area contributed by atoms with E-state index in [0.717, 1.165) is 0 Å². The Hall–Kier alpha value is -2.15. The van der Waals surface area contributed by atoms with Gasteiger partial charge in [-0.2, -0.15) is 0 Å². The fourth-order valence-electron chi connectivity index (χ4n) is 2.07. The van der Waals surface area contributed by atoms with Crippen LogP contribution in [0.4, 0.5) is 5.69 Å². The molecule has 2 atom stereocenters. The minimum atomic E-state index is -0.976. The zero-order valence-electron chi connectivity index (χ0n) is 10.4. The number of hydrogen-bond donors (Lipinski definition) is 2. The number of rotatable bonds is 3. The summed E-state index contributed by atoms with van der Waals surface area (Å²) in [5, 5.41) is 9.08. The summed E-state index contributed by atoms with van der Waals surface area (Å²) in [5.41, 5.74) is 6.09. The maximum absolute atomic E-state index is 12.3. The summed E-state index contributed by atoms with van der Waals surface area (Å²) in [6, 6.07) is 2.70. The Morgan fingerprint density at radius 1 is 1.53 bits per heavy atom. The van der Waals surface area contributed by atoms with E-state index in [-0.39, 0.29) is 24.6 Å². The van der Waals surface area contributed by atoms with Crippen molar-refractivity contribution in [2.24, 2.45) is 5.92 Å². The Balaban J connectivity index is 2.20. The van der Waals surface area contributed by atoms with E-state index in [1.807, 2.05) is 0 Å². The van der Waals surface area contributed by atoms with Crippen LogP contribution in [0.25, 0.3) is 0 Å². The normalized spacial score (nSPS) is 22.2. The highest BCUT2D eigenvalue weighted by atomic mass is 16.5. The number of carboxylic acids is 1. The Bertz CT molecular complexity index is 506. The number of carbonyl (C=O) groups is 2. The van der Waals surface area contributed by atoms with Crippen molar-refractivity contribution in [2.75, 3.05) is 26.0 Å². The molecule has 0 aromatic carbocycles. The Morgan fingerprint density at radius 2 is 2.26 bits per heavy atom. The third-order valence-corrected chi connectivity index (χ3v) is 3.23. The fraction of sp³-hybridized carbons (Fsp3) is 0.417. The van der Waals surface area contributed by atoms with Gasteiger partial charge in [0.2, 0.25) is 0 Å². The van der Waals surface area contributed by atoms with Gasteiger partial charge in [0.25, 0.3) is 5.91 Å². The topological polar surface area (TPSA) is 106 Å². The van der Waals surface area contributed by atoms with Crippen LogP contribution in [0.1, 0.15) is 10.5 Å². The molecule has 2 unspecified atom stereocenters. The molecular weight excluding hydrogens is 250 g/mol. The molecule has 7 heteroatoms. The number of carboxylic acid groups (broad SMARTS) is 1. The van der Waals surface area contributed by atoms with Crippen molar-refractivity contribution in [3.8, 4) is 0 Å². The molecule has 1 aliphatic rings. The number of amides is 1. The number of aliphatic carboxylic acids is 1. The van der Waals surface area contributed by atoms with Gasteiger partial charge in [0.05, 0.1) is 24.9 Å². The molecular formula is C12H15N3O4. The molecule has 2 rings (SSSR count). The SMILES string of the molecule is CN(C(=O)c1ncccc1N)C1COCC1C(=O)O. The third kappa shape index (κ3) is 2.50. The lowest BCUT2D eigenvalue weighted by atomic mass is 10.0. The van der Waals surface area contributed by atoms with Gasteiger partial charge in [-0.05, 0) is 12.1 Å². The second kappa shape index (κ2) is 5.23. The zero-order chi connectivity index (χ0) is 14.0. The van der Waals surface area contributed by atoms with E-state index >= 15 is 0 Å². The lowest BCUT2D eigenvalue weighted by Crippen LogP contribution is -2.44. The van der Waals surface area contributed by atoms with Gasteiger partial charge in [-0.1, -0.05) is 0 Å². The van der Waals surface area contributed by atoms with E-state index in [9.17, 15) is 9.59 Å². The second-order valence-corrected chi connectivity index (χ2v) is 4.41. The number of likely N-dealkylation sites (N-methyl/N-ethyl adjacent to an activating group) is 1. The first-order valence-electron chi connectivity index (χ1n) is 5.80. The number of pyridine rings is 1. The van der Waals surface area contributed by atoms with E-state index in [0.29, 0.717) is 0 Å². The van der Waals surface area contributed by atoms with Crippen LogP contribution in [0.15, 0.2) is 18.3 Å². The van der Waals surface area contributed by atoms with E-state index in [1.54, 1.807) is 12.1 Å². The molecule has 1 fully saturated rings. The lowest BCUT2D eigenvalue weighted by Gasteiger charge is -2.26. The van der Waals surface area contributed by atoms with Crippen molar-refractivity contribution < 1.29 is 19.4 Å². The summed E-state index contributed by atoms with van der Waals surface area (Å²) in [6.07, 6.45) is 1.47. The van der Waals surface area contributed by atoms with Crippen LogP contribution in [0.2, 0.25) is 0 Å². The Kier molecular flexibility index (Phi) is 3.66. The number of ether oxygens (including phenoxy) is 1. The molecule has 1 aromatic rings. The summed E-state index contributed by atoms with van der Waals surface area (Å²) in [6.45, 7) is 0.307. The summed E-state index contributed by atoms with van der Waals surface area (Å²) >= 11 is 0. The largest absolute Gasteiger partial charge is 0.481 e. The Morgan fingerprint density at radius 3 is 2.89 bits per heavy atom. The standard InChI is InChI=1S/C12H15N3O4/c1-15(9-6-19-5-7(9)12(17)18)11(16)10-8(13)3-2-4-14-10/h2-4,7,9H,5-6,13H2,1H3,(H,17,18). The maximum atomic E-state index is 12.3.